The molecule has 3 N–H and O–H groups in total. The van der Waals surface area contributed by atoms with Crippen LogP contribution < -0.4 is 10.6 Å². The van der Waals surface area contributed by atoms with Crippen LogP contribution in [0.4, 0.5) is 4.79 Å². The summed E-state index contributed by atoms with van der Waals surface area (Å²) in [5, 5.41) is 14.8. The molecule has 0 saturated heterocycles. The average molecular weight is 242 g/mol. The number of aliphatic hydroxyl groups excluding tert-OH is 1. The van der Waals surface area contributed by atoms with Gasteiger partial charge in [0.15, 0.2) is 0 Å². The van der Waals surface area contributed by atoms with E-state index in [0.717, 1.165) is 25.2 Å². The molecule has 0 aromatic heterocycles. The van der Waals surface area contributed by atoms with Crippen molar-refractivity contribution in [2.45, 2.75) is 64.5 Å². The minimum atomic E-state index is -0.133. The first-order valence-electron chi connectivity index (χ1n) is 6.87. The summed E-state index contributed by atoms with van der Waals surface area (Å²) in [7, 11) is 0. The molecule has 0 bridgehead atoms. The van der Waals surface area contributed by atoms with Crippen LogP contribution in [0.1, 0.15) is 52.4 Å². The zero-order valence-electron chi connectivity index (χ0n) is 11.0. The number of carbonyl (C=O) groups excluding carboxylic acids is 1. The van der Waals surface area contributed by atoms with Crippen molar-refractivity contribution >= 4 is 6.03 Å². The van der Waals surface area contributed by atoms with E-state index < -0.39 is 0 Å². The number of rotatable bonds is 5. The second-order valence-corrected chi connectivity index (χ2v) is 5.03. The molecule has 1 aliphatic carbocycles. The van der Waals surface area contributed by atoms with Crippen molar-refractivity contribution in [1.82, 2.24) is 10.6 Å². The number of hydrogen-bond donors (Lipinski definition) is 3. The molecule has 1 atom stereocenters. The fraction of sp³-hybridized carbons (Fsp3) is 0.923. The molecular weight excluding hydrogens is 216 g/mol. The number of aliphatic hydroxyl groups is 1. The van der Waals surface area contributed by atoms with E-state index in [2.05, 4.69) is 17.6 Å². The second kappa shape index (κ2) is 7.54. The van der Waals surface area contributed by atoms with Crippen LogP contribution in [0.15, 0.2) is 0 Å². The van der Waals surface area contributed by atoms with Crippen LogP contribution in [0.5, 0.6) is 0 Å². The predicted octanol–water partition coefficient (Wildman–Crippen LogP) is 2.03. The molecular formula is C13H26N2O2. The van der Waals surface area contributed by atoms with Crippen molar-refractivity contribution in [3.63, 3.8) is 0 Å². The molecule has 1 aliphatic rings. The third-order valence-electron chi connectivity index (χ3n) is 3.81. The van der Waals surface area contributed by atoms with Crippen molar-refractivity contribution in [3.05, 3.63) is 0 Å². The van der Waals surface area contributed by atoms with Gasteiger partial charge in [0.2, 0.25) is 0 Å². The lowest BCUT2D eigenvalue weighted by Crippen LogP contribution is -2.48. The topological polar surface area (TPSA) is 61.4 Å². The van der Waals surface area contributed by atoms with Gasteiger partial charge in [0, 0.05) is 6.04 Å². The van der Waals surface area contributed by atoms with Gasteiger partial charge in [0.1, 0.15) is 0 Å². The van der Waals surface area contributed by atoms with E-state index in [0.29, 0.717) is 6.04 Å². The Bertz CT molecular complexity index is 221. The minimum absolute atomic E-state index is 0.00644. The molecule has 2 amide bonds. The van der Waals surface area contributed by atoms with Crippen LogP contribution in [0.3, 0.4) is 0 Å². The lowest BCUT2D eigenvalue weighted by Gasteiger charge is -2.29. The molecule has 0 aromatic rings. The van der Waals surface area contributed by atoms with E-state index in [-0.39, 0.29) is 18.7 Å². The monoisotopic (exact) mass is 242 g/mol. The molecule has 1 fully saturated rings. The fourth-order valence-electron chi connectivity index (χ4n) is 2.40. The van der Waals surface area contributed by atoms with Gasteiger partial charge in [-0.05, 0) is 38.0 Å². The Morgan fingerprint density at radius 3 is 2.41 bits per heavy atom. The third kappa shape index (κ3) is 4.94. The summed E-state index contributed by atoms with van der Waals surface area (Å²) in [6, 6.07) is 0.0572. The number of urea groups is 1. The number of amides is 2. The summed E-state index contributed by atoms with van der Waals surface area (Å²) in [6.07, 6.45) is 6.62. The van der Waals surface area contributed by atoms with Crippen LogP contribution in [-0.2, 0) is 0 Å². The van der Waals surface area contributed by atoms with Crippen molar-refractivity contribution in [3.8, 4) is 0 Å². The summed E-state index contributed by atoms with van der Waals surface area (Å²) in [4.78, 5) is 11.7. The van der Waals surface area contributed by atoms with Gasteiger partial charge >= 0.3 is 6.03 Å². The molecule has 0 radical (unpaired) electrons. The highest BCUT2D eigenvalue weighted by Crippen LogP contribution is 2.26. The SMILES string of the molecule is CCC1CCC(NC(=O)NC(CC)CO)CC1. The molecule has 4 heteroatoms. The van der Waals surface area contributed by atoms with Gasteiger partial charge in [-0.15, -0.1) is 0 Å². The van der Waals surface area contributed by atoms with Crippen LogP contribution in [0.25, 0.3) is 0 Å². The standard InChI is InChI=1S/C13H26N2O2/c1-3-10-5-7-12(8-6-10)15-13(17)14-11(4-2)9-16/h10-12,16H,3-9H2,1-2H3,(H2,14,15,17). The number of nitrogens with one attached hydrogen (secondary N) is 2. The normalized spacial score (nSPS) is 26.3. The molecule has 1 rings (SSSR count). The Morgan fingerprint density at radius 2 is 1.94 bits per heavy atom. The van der Waals surface area contributed by atoms with Gasteiger partial charge in [0.05, 0.1) is 12.6 Å². The number of carbonyl (C=O) groups is 1. The summed E-state index contributed by atoms with van der Waals surface area (Å²) in [5.74, 6) is 0.844. The van der Waals surface area contributed by atoms with Crippen LogP contribution in [0.2, 0.25) is 0 Å². The maximum Gasteiger partial charge on any atom is 0.315 e. The summed E-state index contributed by atoms with van der Waals surface area (Å²) >= 11 is 0. The summed E-state index contributed by atoms with van der Waals surface area (Å²) < 4.78 is 0. The summed E-state index contributed by atoms with van der Waals surface area (Å²) in [5.41, 5.74) is 0. The van der Waals surface area contributed by atoms with E-state index in [4.69, 9.17) is 5.11 Å². The van der Waals surface area contributed by atoms with Gasteiger partial charge < -0.3 is 15.7 Å². The van der Waals surface area contributed by atoms with Gasteiger partial charge in [-0.2, -0.15) is 0 Å². The Hall–Kier alpha value is -0.770. The average Bonchev–Trinajstić information content (AvgIpc) is 2.37. The summed E-state index contributed by atoms with van der Waals surface area (Å²) in [6.45, 7) is 4.19. The van der Waals surface area contributed by atoms with Crippen molar-refractivity contribution in [1.29, 1.82) is 0 Å². The lowest BCUT2D eigenvalue weighted by atomic mass is 9.85. The molecule has 0 aliphatic heterocycles. The maximum absolute atomic E-state index is 11.7. The van der Waals surface area contributed by atoms with Gasteiger partial charge in [-0.1, -0.05) is 20.3 Å². The first-order chi connectivity index (χ1) is 8.19. The predicted molar refractivity (Wildman–Crippen MR) is 68.9 cm³/mol. The van der Waals surface area contributed by atoms with Crippen LogP contribution in [0, 0.1) is 5.92 Å². The van der Waals surface area contributed by atoms with E-state index in [1.807, 2.05) is 6.92 Å². The molecule has 1 unspecified atom stereocenters. The fourth-order valence-corrected chi connectivity index (χ4v) is 2.40. The Balaban J connectivity index is 2.23. The molecule has 1 saturated carbocycles. The first-order valence-corrected chi connectivity index (χ1v) is 6.87. The number of hydrogen-bond acceptors (Lipinski definition) is 2. The first kappa shape index (κ1) is 14.3. The van der Waals surface area contributed by atoms with Gasteiger partial charge in [-0.3, -0.25) is 0 Å². The minimum Gasteiger partial charge on any atom is -0.394 e. The Labute approximate surface area is 104 Å². The second-order valence-electron chi connectivity index (χ2n) is 5.03. The van der Waals surface area contributed by atoms with Crippen LogP contribution in [-0.4, -0.2) is 29.8 Å². The maximum atomic E-state index is 11.7. The molecule has 0 spiro atoms. The highest BCUT2D eigenvalue weighted by atomic mass is 16.3. The quantitative estimate of drug-likeness (QED) is 0.690. The van der Waals surface area contributed by atoms with E-state index >= 15 is 0 Å². The Morgan fingerprint density at radius 1 is 1.29 bits per heavy atom. The molecule has 0 heterocycles. The van der Waals surface area contributed by atoms with Crippen molar-refractivity contribution < 1.29 is 9.90 Å². The largest absolute Gasteiger partial charge is 0.394 e. The molecule has 0 aromatic carbocycles. The third-order valence-corrected chi connectivity index (χ3v) is 3.81. The lowest BCUT2D eigenvalue weighted by molar-refractivity contribution is 0.205. The zero-order valence-corrected chi connectivity index (χ0v) is 11.0. The van der Waals surface area contributed by atoms with Gasteiger partial charge in [-0.25, -0.2) is 4.79 Å². The molecule has 17 heavy (non-hydrogen) atoms. The zero-order chi connectivity index (χ0) is 12.7. The van der Waals surface area contributed by atoms with Crippen molar-refractivity contribution in [2.75, 3.05) is 6.61 Å². The smallest absolute Gasteiger partial charge is 0.315 e. The highest BCUT2D eigenvalue weighted by molar-refractivity contribution is 5.74. The van der Waals surface area contributed by atoms with E-state index in [1.165, 1.54) is 19.3 Å². The van der Waals surface area contributed by atoms with Gasteiger partial charge in [0.25, 0.3) is 0 Å². The molecule has 100 valence electrons. The van der Waals surface area contributed by atoms with Crippen molar-refractivity contribution in [2.24, 2.45) is 5.92 Å². The molecule has 4 nitrogen and oxygen atoms in total. The van der Waals surface area contributed by atoms with Crippen LogP contribution >= 0.6 is 0 Å². The van der Waals surface area contributed by atoms with E-state index in [9.17, 15) is 4.79 Å². The Kier molecular flexibility index (Phi) is 6.34. The van der Waals surface area contributed by atoms with E-state index in [1.54, 1.807) is 0 Å². The highest BCUT2D eigenvalue weighted by Gasteiger charge is 2.21.